The van der Waals surface area contributed by atoms with E-state index in [-0.39, 0.29) is 30.0 Å². The fraction of sp³-hybridized carbons (Fsp3) is 0.348. The Balaban J connectivity index is 0.00000124. The van der Waals surface area contributed by atoms with Gasteiger partial charge in [-0.1, -0.05) is 26.0 Å². The van der Waals surface area contributed by atoms with Crippen LogP contribution in [0.1, 0.15) is 54.3 Å². The number of amides is 1. The van der Waals surface area contributed by atoms with Crippen molar-refractivity contribution in [1.82, 2.24) is 34.3 Å². The third kappa shape index (κ3) is 3.78. The van der Waals surface area contributed by atoms with Crippen LogP contribution in [0.3, 0.4) is 0 Å². The monoisotopic (exact) mass is 485 g/mol. The molecule has 2 atom stereocenters. The third-order valence-corrected chi connectivity index (χ3v) is 6.05. The zero-order valence-electron chi connectivity index (χ0n) is 19.0. The van der Waals surface area contributed by atoms with Gasteiger partial charge in [-0.15, -0.1) is 0 Å². The molecule has 4 aromatic rings. The van der Waals surface area contributed by atoms with Gasteiger partial charge in [-0.05, 0) is 24.5 Å². The van der Waals surface area contributed by atoms with E-state index in [1.807, 2.05) is 26.0 Å². The molecule has 5 heterocycles. The predicted octanol–water partition coefficient (Wildman–Crippen LogP) is 4.09. The number of alkyl halides is 3. The minimum Gasteiger partial charge on any atom is -0.470 e. The van der Waals surface area contributed by atoms with Crippen molar-refractivity contribution in [3.63, 3.8) is 0 Å². The molecule has 0 saturated carbocycles. The average molecular weight is 485 g/mol. The molecular formula is C23H22F3N7O2. The standard InChI is InChI=1S/C21H16F3N7O2.C2H6/c22-21(23,24)16-10-26-18-19(25-8-9-29(16)18)33-12-4-5-14-13-2-1-3-15(31-27-6-7-28-31)17(13)20(32)30(14)11-12;1-2/h1-3,6-10,12,14H,4-5,11H2;1-2H3/t12-,14+;/m1./s1. The number of piperidine rings is 1. The molecule has 182 valence electrons. The Morgan fingerprint density at radius 2 is 1.83 bits per heavy atom. The van der Waals surface area contributed by atoms with Crippen LogP contribution >= 0.6 is 0 Å². The summed E-state index contributed by atoms with van der Waals surface area (Å²) in [7, 11) is 0. The molecular weight excluding hydrogens is 463 g/mol. The summed E-state index contributed by atoms with van der Waals surface area (Å²) in [4.78, 5) is 24.4. The highest BCUT2D eigenvalue weighted by atomic mass is 19.4. The minimum absolute atomic E-state index is 0.00189. The van der Waals surface area contributed by atoms with Gasteiger partial charge in [0.25, 0.3) is 11.8 Å². The van der Waals surface area contributed by atoms with Crippen molar-refractivity contribution < 1.29 is 22.7 Å². The van der Waals surface area contributed by atoms with E-state index in [0.29, 0.717) is 24.1 Å². The molecule has 1 saturated heterocycles. The molecule has 1 amide bonds. The highest BCUT2D eigenvalue weighted by Crippen LogP contribution is 2.42. The molecule has 0 N–H and O–H groups in total. The van der Waals surface area contributed by atoms with Gasteiger partial charge in [0.15, 0.2) is 0 Å². The van der Waals surface area contributed by atoms with Crippen LogP contribution in [0, 0.1) is 0 Å². The van der Waals surface area contributed by atoms with Gasteiger partial charge in [-0.25, -0.2) is 9.97 Å². The molecule has 0 bridgehead atoms. The summed E-state index contributed by atoms with van der Waals surface area (Å²) in [5.74, 6) is -0.149. The van der Waals surface area contributed by atoms with E-state index in [1.54, 1.807) is 23.4 Å². The van der Waals surface area contributed by atoms with Crippen LogP contribution in [0.4, 0.5) is 13.2 Å². The smallest absolute Gasteiger partial charge is 0.433 e. The van der Waals surface area contributed by atoms with E-state index in [0.717, 1.165) is 16.2 Å². The molecule has 12 heteroatoms. The number of carbonyl (C=O) groups excluding carboxylic acids is 1. The number of fused-ring (bicyclic) bond motifs is 4. The molecule has 0 radical (unpaired) electrons. The van der Waals surface area contributed by atoms with Crippen LogP contribution < -0.4 is 4.74 Å². The van der Waals surface area contributed by atoms with Crippen molar-refractivity contribution in [2.75, 3.05) is 6.54 Å². The molecule has 0 aliphatic carbocycles. The predicted molar refractivity (Wildman–Crippen MR) is 118 cm³/mol. The first-order valence-electron chi connectivity index (χ1n) is 11.3. The van der Waals surface area contributed by atoms with Gasteiger partial charge >= 0.3 is 6.18 Å². The van der Waals surface area contributed by atoms with Crippen molar-refractivity contribution in [3.8, 4) is 11.6 Å². The van der Waals surface area contributed by atoms with Gasteiger partial charge in [-0.2, -0.15) is 28.2 Å². The maximum Gasteiger partial charge on any atom is 0.433 e. The van der Waals surface area contributed by atoms with Gasteiger partial charge in [0.2, 0.25) is 5.65 Å². The summed E-state index contributed by atoms with van der Waals surface area (Å²) in [5.41, 5.74) is 1.16. The van der Waals surface area contributed by atoms with E-state index in [1.165, 1.54) is 17.2 Å². The summed E-state index contributed by atoms with van der Waals surface area (Å²) >= 11 is 0. The Bertz CT molecular complexity index is 1370. The lowest BCUT2D eigenvalue weighted by Crippen LogP contribution is -2.42. The largest absolute Gasteiger partial charge is 0.470 e. The Labute approximate surface area is 198 Å². The quantitative estimate of drug-likeness (QED) is 0.434. The van der Waals surface area contributed by atoms with Gasteiger partial charge < -0.3 is 9.64 Å². The average Bonchev–Trinajstić information content (AvgIpc) is 3.60. The van der Waals surface area contributed by atoms with Crippen LogP contribution in [-0.2, 0) is 6.18 Å². The van der Waals surface area contributed by atoms with Crippen LogP contribution in [-0.4, -0.2) is 52.8 Å². The SMILES string of the molecule is CC.O=C1c2c(cccc2-n2nccn2)[C@@H]2CC[C@@H](Oc3nccn4c(C(F)(F)F)cnc34)CN12. The molecule has 1 aromatic carbocycles. The second kappa shape index (κ2) is 8.67. The number of aromatic nitrogens is 6. The highest BCUT2D eigenvalue weighted by molar-refractivity contribution is 6.02. The fourth-order valence-electron chi connectivity index (χ4n) is 4.65. The number of imidazole rings is 1. The number of halogens is 3. The maximum absolute atomic E-state index is 13.3. The summed E-state index contributed by atoms with van der Waals surface area (Å²) in [6, 6.07) is 5.50. The Morgan fingerprint density at radius 1 is 1.06 bits per heavy atom. The van der Waals surface area contributed by atoms with Crippen LogP contribution in [0.2, 0.25) is 0 Å². The van der Waals surface area contributed by atoms with Crippen molar-refractivity contribution in [1.29, 1.82) is 0 Å². The molecule has 0 spiro atoms. The zero-order valence-corrected chi connectivity index (χ0v) is 19.0. The second-order valence-electron chi connectivity index (χ2n) is 7.92. The van der Waals surface area contributed by atoms with Gasteiger partial charge in [-0.3, -0.25) is 9.20 Å². The number of benzene rings is 1. The van der Waals surface area contributed by atoms with Gasteiger partial charge in [0.1, 0.15) is 11.8 Å². The molecule has 0 unspecified atom stereocenters. The normalized spacial score (nSPS) is 19.2. The Hall–Kier alpha value is -3.96. The van der Waals surface area contributed by atoms with E-state index < -0.39 is 18.0 Å². The van der Waals surface area contributed by atoms with Crippen LogP contribution in [0.5, 0.6) is 5.88 Å². The number of carbonyl (C=O) groups is 1. The summed E-state index contributed by atoms with van der Waals surface area (Å²) in [5, 5.41) is 8.29. The molecule has 1 fully saturated rings. The molecule has 2 aliphatic heterocycles. The number of rotatable bonds is 3. The van der Waals surface area contributed by atoms with Crippen molar-refractivity contribution in [2.24, 2.45) is 0 Å². The molecule has 9 nitrogen and oxygen atoms in total. The molecule has 2 aliphatic rings. The lowest BCUT2D eigenvalue weighted by atomic mass is 9.95. The summed E-state index contributed by atoms with van der Waals surface area (Å²) in [6.07, 6.45) is 2.55. The first kappa shape index (κ1) is 22.8. The van der Waals surface area contributed by atoms with Crippen molar-refractivity contribution in [3.05, 3.63) is 66.0 Å². The number of ether oxygens (including phenoxy) is 1. The molecule has 6 rings (SSSR count). The number of hydrogen-bond donors (Lipinski definition) is 0. The van der Waals surface area contributed by atoms with Gasteiger partial charge in [0, 0.05) is 12.4 Å². The summed E-state index contributed by atoms with van der Waals surface area (Å²) in [6.45, 7) is 4.28. The first-order chi connectivity index (χ1) is 16.9. The zero-order chi connectivity index (χ0) is 24.7. The highest BCUT2D eigenvalue weighted by Gasteiger charge is 2.43. The minimum atomic E-state index is -4.55. The van der Waals surface area contributed by atoms with Crippen molar-refractivity contribution >= 4 is 11.6 Å². The maximum atomic E-state index is 13.3. The Kier molecular flexibility index (Phi) is 5.65. The first-order valence-corrected chi connectivity index (χ1v) is 11.3. The van der Waals surface area contributed by atoms with E-state index in [9.17, 15) is 18.0 Å². The third-order valence-electron chi connectivity index (χ3n) is 6.05. The number of nitrogens with zero attached hydrogens (tertiary/aromatic N) is 7. The van der Waals surface area contributed by atoms with Crippen molar-refractivity contribution in [2.45, 2.75) is 45.0 Å². The van der Waals surface area contributed by atoms with E-state index >= 15 is 0 Å². The van der Waals surface area contributed by atoms with Gasteiger partial charge in [0.05, 0.1) is 42.4 Å². The fourth-order valence-corrected chi connectivity index (χ4v) is 4.65. The lowest BCUT2D eigenvalue weighted by molar-refractivity contribution is -0.141. The molecule has 3 aromatic heterocycles. The lowest BCUT2D eigenvalue weighted by Gasteiger charge is -2.35. The van der Waals surface area contributed by atoms with Crippen LogP contribution in [0.25, 0.3) is 11.3 Å². The molecule has 35 heavy (non-hydrogen) atoms. The topological polar surface area (TPSA) is 90.4 Å². The second-order valence-corrected chi connectivity index (χ2v) is 7.92. The number of hydrogen-bond acceptors (Lipinski definition) is 6. The van der Waals surface area contributed by atoms with E-state index in [4.69, 9.17) is 4.74 Å². The van der Waals surface area contributed by atoms with Crippen LogP contribution in [0.15, 0.2) is 49.2 Å². The Morgan fingerprint density at radius 3 is 2.57 bits per heavy atom. The summed E-state index contributed by atoms with van der Waals surface area (Å²) < 4.78 is 46.5. The van der Waals surface area contributed by atoms with E-state index in [2.05, 4.69) is 20.2 Å².